The van der Waals surface area contributed by atoms with Crippen molar-refractivity contribution in [1.82, 2.24) is 29.6 Å². The molecule has 0 spiro atoms. The summed E-state index contributed by atoms with van der Waals surface area (Å²) in [6.45, 7) is 3.89. The number of carbonyl (C=O) groups excluding carboxylic acids is 1. The van der Waals surface area contributed by atoms with Crippen LogP contribution in [-0.4, -0.2) is 67.8 Å². The molecule has 3 aromatic heterocycles. The average Bonchev–Trinajstić information content (AvgIpc) is 3.47. The number of thiazole rings is 1. The van der Waals surface area contributed by atoms with Gasteiger partial charge in [-0.25, -0.2) is 15.0 Å². The highest BCUT2D eigenvalue weighted by Crippen LogP contribution is 2.43. The van der Waals surface area contributed by atoms with Gasteiger partial charge in [0.05, 0.1) is 6.61 Å². The summed E-state index contributed by atoms with van der Waals surface area (Å²) >= 11 is 0.480. The normalized spacial score (nSPS) is 16.8. The molecule has 200 valence electrons. The van der Waals surface area contributed by atoms with Gasteiger partial charge in [0.1, 0.15) is 17.2 Å². The number of aromatic nitrogens is 5. The summed E-state index contributed by atoms with van der Waals surface area (Å²) in [4.78, 5) is 27.8. The van der Waals surface area contributed by atoms with Crippen LogP contribution in [0, 0.1) is 0 Å². The summed E-state index contributed by atoms with van der Waals surface area (Å²) < 4.78 is 84.9. The van der Waals surface area contributed by atoms with Crippen LogP contribution in [0.1, 0.15) is 24.5 Å². The number of halogens is 6. The van der Waals surface area contributed by atoms with E-state index in [-0.39, 0.29) is 41.9 Å². The number of hydrogen-bond donors (Lipinski definition) is 0. The van der Waals surface area contributed by atoms with E-state index in [0.29, 0.717) is 17.9 Å². The number of rotatable bonds is 6. The molecule has 1 amide bonds. The van der Waals surface area contributed by atoms with Gasteiger partial charge >= 0.3 is 18.4 Å². The lowest BCUT2D eigenvalue weighted by molar-refractivity contribution is -0.142. The highest BCUT2D eigenvalue weighted by Gasteiger charge is 2.39. The zero-order valence-corrected chi connectivity index (χ0v) is 20.4. The molecule has 1 aliphatic rings. The third-order valence-corrected chi connectivity index (χ3v) is 6.65. The van der Waals surface area contributed by atoms with Crippen LogP contribution in [0.2, 0.25) is 0 Å². The Labute approximate surface area is 210 Å². The van der Waals surface area contributed by atoms with Crippen molar-refractivity contribution >= 4 is 22.2 Å². The van der Waals surface area contributed by atoms with Crippen molar-refractivity contribution in [2.75, 3.05) is 31.1 Å². The van der Waals surface area contributed by atoms with Crippen molar-refractivity contribution < 1.29 is 35.9 Å². The zero-order valence-electron chi connectivity index (χ0n) is 19.5. The van der Waals surface area contributed by atoms with Gasteiger partial charge in [0, 0.05) is 49.8 Å². The Morgan fingerprint density at radius 2 is 1.84 bits per heavy atom. The molecule has 1 fully saturated rings. The van der Waals surface area contributed by atoms with Crippen LogP contribution >= 0.6 is 11.3 Å². The minimum Gasteiger partial charge on any atom is -0.464 e. The van der Waals surface area contributed by atoms with E-state index in [1.807, 2.05) is 0 Å². The van der Waals surface area contributed by atoms with E-state index < -0.39 is 41.5 Å². The lowest BCUT2D eigenvalue weighted by Gasteiger charge is -2.40. The van der Waals surface area contributed by atoms with Gasteiger partial charge in [-0.3, -0.25) is 9.48 Å². The minimum atomic E-state index is -4.66. The summed E-state index contributed by atoms with van der Waals surface area (Å²) in [5.74, 6) is -0.454. The molecule has 0 aromatic carbocycles. The SMILES string of the molecule is CCOc1ncc(-c2nc(C(F)(F)F)sc2N2CCN(C(=O)Cn3ccc(C(F)(F)F)n3)[C@H](C)C2)cn1. The molecular weight excluding hydrogens is 528 g/mol. The number of carbonyl (C=O) groups is 1. The first kappa shape index (κ1) is 26.6. The Morgan fingerprint density at radius 3 is 2.41 bits per heavy atom. The highest BCUT2D eigenvalue weighted by atomic mass is 32.1. The van der Waals surface area contributed by atoms with Gasteiger partial charge in [-0.1, -0.05) is 11.3 Å². The molecule has 0 radical (unpaired) electrons. The second-order valence-electron chi connectivity index (χ2n) is 8.14. The molecule has 4 rings (SSSR count). The van der Waals surface area contributed by atoms with Crippen molar-refractivity contribution in [2.45, 2.75) is 38.8 Å². The summed E-state index contributed by atoms with van der Waals surface area (Å²) in [5.41, 5.74) is -0.770. The summed E-state index contributed by atoms with van der Waals surface area (Å²) in [7, 11) is 0. The molecule has 1 atom stereocenters. The Bertz CT molecular complexity index is 1240. The molecule has 0 bridgehead atoms. The topological polar surface area (TPSA) is 89.3 Å². The Hall–Kier alpha value is -3.43. The number of piperazine rings is 1. The lowest BCUT2D eigenvalue weighted by Crippen LogP contribution is -2.54. The maximum Gasteiger partial charge on any atom is 0.443 e. The molecule has 0 aliphatic carbocycles. The summed E-state index contributed by atoms with van der Waals surface area (Å²) in [5, 5.41) is 2.61. The van der Waals surface area contributed by atoms with Gasteiger partial charge in [0.25, 0.3) is 0 Å². The first-order valence-electron chi connectivity index (χ1n) is 11.0. The van der Waals surface area contributed by atoms with E-state index in [9.17, 15) is 31.1 Å². The molecule has 9 nitrogen and oxygen atoms in total. The van der Waals surface area contributed by atoms with E-state index in [0.717, 1.165) is 16.9 Å². The van der Waals surface area contributed by atoms with Gasteiger partial charge in [0.2, 0.25) is 10.9 Å². The first-order valence-corrected chi connectivity index (χ1v) is 11.9. The second kappa shape index (κ2) is 10.1. The standard InChI is InChI=1S/C21H21F6N7O2S/c1-3-36-19-28-8-13(9-29-19)16-17(37-18(30-16)21(25,26)27)32-6-7-34(12(2)10-32)15(35)11-33-5-4-14(31-33)20(22,23)24/h4-5,8-9,12H,3,6-7,10-11H2,1-2H3/t12-/m1/s1. The van der Waals surface area contributed by atoms with Gasteiger partial charge < -0.3 is 14.5 Å². The van der Waals surface area contributed by atoms with Crippen molar-refractivity contribution in [3.05, 3.63) is 35.4 Å². The maximum absolute atomic E-state index is 13.5. The van der Waals surface area contributed by atoms with Crippen molar-refractivity contribution in [1.29, 1.82) is 0 Å². The van der Waals surface area contributed by atoms with Crippen molar-refractivity contribution in [3.63, 3.8) is 0 Å². The predicted molar refractivity (Wildman–Crippen MR) is 120 cm³/mol. The van der Waals surface area contributed by atoms with Crippen molar-refractivity contribution in [3.8, 4) is 17.3 Å². The van der Waals surface area contributed by atoms with Crippen LogP contribution < -0.4 is 9.64 Å². The molecule has 1 saturated heterocycles. The number of ether oxygens (including phenoxy) is 1. The predicted octanol–water partition coefficient (Wildman–Crippen LogP) is 3.97. The van der Waals surface area contributed by atoms with Crippen LogP contribution in [0.25, 0.3) is 11.3 Å². The van der Waals surface area contributed by atoms with E-state index in [1.165, 1.54) is 17.3 Å². The van der Waals surface area contributed by atoms with E-state index in [2.05, 4.69) is 20.1 Å². The lowest BCUT2D eigenvalue weighted by atomic mass is 10.1. The van der Waals surface area contributed by atoms with E-state index >= 15 is 0 Å². The number of hydrogen-bond acceptors (Lipinski definition) is 8. The molecule has 0 unspecified atom stereocenters. The monoisotopic (exact) mass is 549 g/mol. The molecule has 3 aromatic rings. The van der Waals surface area contributed by atoms with E-state index in [1.54, 1.807) is 18.7 Å². The molecular formula is C21H21F6N7O2S. The molecule has 37 heavy (non-hydrogen) atoms. The number of nitrogens with zero attached hydrogens (tertiary/aromatic N) is 7. The maximum atomic E-state index is 13.5. The van der Waals surface area contributed by atoms with Gasteiger partial charge in [-0.05, 0) is 19.9 Å². The fourth-order valence-electron chi connectivity index (χ4n) is 3.82. The third-order valence-electron chi connectivity index (χ3n) is 5.49. The molecule has 16 heteroatoms. The van der Waals surface area contributed by atoms with Crippen LogP contribution in [0.15, 0.2) is 24.7 Å². The van der Waals surface area contributed by atoms with Gasteiger partial charge in [0.15, 0.2) is 5.69 Å². The Morgan fingerprint density at radius 1 is 1.14 bits per heavy atom. The van der Waals surface area contributed by atoms with Gasteiger partial charge in [-0.2, -0.15) is 31.4 Å². The largest absolute Gasteiger partial charge is 0.464 e. The Kier molecular flexibility index (Phi) is 7.30. The smallest absolute Gasteiger partial charge is 0.443 e. The molecule has 1 aliphatic heterocycles. The number of anilines is 1. The summed E-state index contributed by atoms with van der Waals surface area (Å²) in [6.07, 6.45) is -5.54. The number of amides is 1. The average molecular weight is 550 g/mol. The highest BCUT2D eigenvalue weighted by molar-refractivity contribution is 7.16. The molecule has 0 saturated carbocycles. The zero-order chi connectivity index (χ0) is 27.0. The Balaban J connectivity index is 1.52. The van der Waals surface area contributed by atoms with Crippen LogP contribution in [-0.2, 0) is 23.7 Å². The van der Waals surface area contributed by atoms with Crippen LogP contribution in [0.3, 0.4) is 0 Å². The van der Waals surface area contributed by atoms with Crippen LogP contribution in [0.4, 0.5) is 31.3 Å². The molecule has 4 heterocycles. The minimum absolute atomic E-state index is 0.0589. The second-order valence-corrected chi connectivity index (χ2v) is 9.11. The van der Waals surface area contributed by atoms with Crippen molar-refractivity contribution in [2.24, 2.45) is 0 Å². The number of alkyl halides is 6. The fraction of sp³-hybridized carbons (Fsp3) is 0.476. The van der Waals surface area contributed by atoms with Gasteiger partial charge in [-0.15, -0.1) is 0 Å². The first-order chi connectivity index (χ1) is 17.4. The quantitative estimate of drug-likeness (QED) is 0.430. The summed E-state index contributed by atoms with van der Waals surface area (Å²) in [6, 6.07) is 0.419. The third kappa shape index (κ3) is 5.94. The van der Waals surface area contributed by atoms with Crippen LogP contribution in [0.5, 0.6) is 6.01 Å². The fourth-order valence-corrected chi connectivity index (χ4v) is 4.81. The van der Waals surface area contributed by atoms with E-state index in [4.69, 9.17) is 4.74 Å². The molecule has 0 N–H and O–H groups in total.